The Bertz CT molecular complexity index is 835. The zero-order chi connectivity index (χ0) is 20.7. The van der Waals surface area contributed by atoms with Crippen LogP contribution in [-0.2, 0) is 14.3 Å². The lowest BCUT2D eigenvalue weighted by Crippen LogP contribution is -2.24. The molecule has 0 heterocycles. The number of esters is 1. The van der Waals surface area contributed by atoms with Gasteiger partial charge in [-0.25, -0.2) is 0 Å². The number of ether oxygens (including phenoxy) is 1. The lowest BCUT2D eigenvalue weighted by molar-refractivity contribution is -0.384. The first-order valence-electron chi connectivity index (χ1n) is 8.74. The van der Waals surface area contributed by atoms with E-state index in [2.05, 4.69) is 19.2 Å². The Hall–Kier alpha value is -2.87. The highest BCUT2D eigenvalue weighted by atomic mass is 32.2. The van der Waals surface area contributed by atoms with Gasteiger partial charge in [-0.05, 0) is 42.7 Å². The predicted molar refractivity (Wildman–Crippen MR) is 109 cm³/mol. The van der Waals surface area contributed by atoms with Crippen LogP contribution in [0.5, 0.6) is 0 Å². The van der Waals surface area contributed by atoms with Crippen molar-refractivity contribution in [2.75, 3.05) is 11.9 Å². The van der Waals surface area contributed by atoms with Crippen molar-refractivity contribution in [2.24, 2.45) is 0 Å². The van der Waals surface area contributed by atoms with Crippen molar-refractivity contribution in [3.63, 3.8) is 0 Å². The summed E-state index contributed by atoms with van der Waals surface area (Å²) in [5.74, 6) is -0.549. The van der Waals surface area contributed by atoms with E-state index in [9.17, 15) is 19.7 Å². The minimum absolute atomic E-state index is 0.0160. The molecular weight excluding hydrogens is 380 g/mol. The van der Waals surface area contributed by atoms with Gasteiger partial charge in [-0.15, -0.1) is 11.8 Å². The third-order valence-electron chi connectivity index (χ3n) is 3.90. The minimum atomic E-state index is -0.556. The summed E-state index contributed by atoms with van der Waals surface area (Å²) in [5, 5.41) is 12.8. The number of carbonyl (C=O) groups is 2. The van der Waals surface area contributed by atoms with Gasteiger partial charge in [0.1, 0.15) is 5.25 Å². The molecule has 2 rings (SSSR count). The first-order valence-corrected chi connectivity index (χ1v) is 9.61. The molecule has 0 radical (unpaired) electrons. The number of amides is 1. The molecule has 0 spiro atoms. The number of hydrogen-bond donors (Lipinski definition) is 1. The molecular formula is C20H22N2O5S. The molecule has 0 saturated heterocycles. The highest BCUT2D eigenvalue weighted by molar-refractivity contribution is 8.00. The average molecular weight is 402 g/mol. The second-order valence-corrected chi connectivity index (χ2v) is 7.86. The van der Waals surface area contributed by atoms with Gasteiger partial charge in [0.15, 0.2) is 6.61 Å². The van der Waals surface area contributed by atoms with Crippen LogP contribution in [-0.4, -0.2) is 28.7 Å². The van der Waals surface area contributed by atoms with Crippen LogP contribution in [0.3, 0.4) is 0 Å². The van der Waals surface area contributed by atoms with Crippen molar-refractivity contribution < 1.29 is 19.2 Å². The van der Waals surface area contributed by atoms with Crippen LogP contribution in [0.2, 0.25) is 0 Å². The van der Waals surface area contributed by atoms with E-state index < -0.39 is 22.0 Å². The van der Waals surface area contributed by atoms with Gasteiger partial charge in [0, 0.05) is 22.7 Å². The molecule has 0 aliphatic heterocycles. The predicted octanol–water partition coefficient (Wildman–Crippen LogP) is 4.38. The van der Waals surface area contributed by atoms with Crippen molar-refractivity contribution in [1.29, 1.82) is 0 Å². The first kappa shape index (κ1) is 21.4. The monoisotopic (exact) mass is 402 g/mol. The number of nitro benzene ring substituents is 1. The Kier molecular flexibility index (Phi) is 7.57. The lowest BCUT2D eigenvalue weighted by Gasteiger charge is -2.12. The van der Waals surface area contributed by atoms with Gasteiger partial charge >= 0.3 is 5.97 Å². The standard InChI is InChI=1S/C20H22N2O5S/c1-13(2)15-4-6-16(7-5-15)21-19(23)12-27-20(24)14(3)28-18-10-8-17(9-11-18)22(25)26/h4-11,13-14H,12H2,1-3H3,(H,21,23)/t14-/m1/s1. The van der Waals surface area contributed by atoms with Gasteiger partial charge in [0.05, 0.1) is 4.92 Å². The van der Waals surface area contributed by atoms with Crippen LogP contribution < -0.4 is 5.32 Å². The maximum atomic E-state index is 12.1. The Labute approximate surface area is 167 Å². The van der Waals surface area contributed by atoms with Gasteiger partial charge < -0.3 is 10.1 Å². The Morgan fingerprint density at radius 2 is 1.68 bits per heavy atom. The molecule has 0 aliphatic rings. The number of non-ortho nitro benzene ring substituents is 1. The van der Waals surface area contributed by atoms with Gasteiger partial charge in [-0.3, -0.25) is 19.7 Å². The van der Waals surface area contributed by atoms with E-state index in [1.165, 1.54) is 29.5 Å². The normalized spacial score (nSPS) is 11.7. The van der Waals surface area contributed by atoms with Gasteiger partial charge in [-0.1, -0.05) is 26.0 Å². The van der Waals surface area contributed by atoms with Crippen LogP contribution in [0.1, 0.15) is 32.3 Å². The number of thioether (sulfide) groups is 1. The lowest BCUT2D eigenvalue weighted by atomic mass is 10.0. The fraction of sp³-hybridized carbons (Fsp3) is 0.300. The van der Waals surface area contributed by atoms with Crippen LogP contribution in [0.25, 0.3) is 0 Å². The molecule has 0 saturated carbocycles. The fourth-order valence-electron chi connectivity index (χ4n) is 2.30. The van der Waals surface area contributed by atoms with E-state index in [1.54, 1.807) is 19.1 Å². The number of nitrogens with one attached hydrogen (secondary N) is 1. The molecule has 7 nitrogen and oxygen atoms in total. The highest BCUT2D eigenvalue weighted by Gasteiger charge is 2.18. The summed E-state index contributed by atoms with van der Waals surface area (Å²) < 4.78 is 5.05. The molecule has 2 aromatic rings. The molecule has 1 N–H and O–H groups in total. The zero-order valence-corrected chi connectivity index (χ0v) is 16.7. The fourth-order valence-corrected chi connectivity index (χ4v) is 3.17. The minimum Gasteiger partial charge on any atom is -0.455 e. The molecule has 28 heavy (non-hydrogen) atoms. The Morgan fingerprint density at radius 1 is 1.07 bits per heavy atom. The summed E-state index contributed by atoms with van der Waals surface area (Å²) in [6.07, 6.45) is 0. The Morgan fingerprint density at radius 3 is 2.21 bits per heavy atom. The van der Waals surface area contributed by atoms with Crippen LogP contribution in [0, 0.1) is 10.1 Å². The van der Waals surface area contributed by atoms with E-state index >= 15 is 0 Å². The maximum absolute atomic E-state index is 12.1. The molecule has 8 heteroatoms. The van der Waals surface area contributed by atoms with E-state index in [0.29, 0.717) is 16.5 Å². The first-order chi connectivity index (χ1) is 13.3. The van der Waals surface area contributed by atoms with E-state index in [1.807, 2.05) is 24.3 Å². The van der Waals surface area contributed by atoms with Crippen molar-refractivity contribution >= 4 is 35.0 Å². The number of hydrogen-bond acceptors (Lipinski definition) is 6. The van der Waals surface area contributed by atoms with Crippen molar-refractivity contribution in [3.05, 3.63) is 64.2 Å². The number of nitro groups is 1. The van der Waals surface area contributed by atoms with Gasteiger partial charge in [0.2, 0.25) is 0 Å². The smallest absolute Gasteiger partial charge is 0.319 e. The number of rotatable bonds is 8. The Balaban J connectivity index is 1.80. The molecule has 0 unspecified atom stereocenters. The maximum Gasteiger partial charge on any atom is 0.319 e. The van der Waals surface area contributed by atoms with E-state index in [0.717, 1.165) is 0 Å². The molecule has 0 aromatic heterocycles. The average Bonchev–Trinajstić information content (AvgIpc) is 2.66. The van der Waals surface area contributed by atoms with Crippen LogP contribution in [0.4, 0.5) is 11.4 Å². The summed E-state index contributed by atoms with van der Waals surface area (Å²) in [6, 6.07) is 13.4. The largest absolute Gasteiger partial charge is 0.455 e. The molecule has 2 aromatic carbocycles. The third-order valence-corrected chi connectivity index (χ3v) is 4.99. The van der Waals surface area contributed by atoms with Crippen LogP contribution >= 0.6 is 11.8 Å². The van der Waals surface area contributed by atoms with Crippen LogP contribution in [0.15, 0.2) is 53.4 Å². The molecule has 1 atom stereocenters. The summed E-state index contributed by atoms with van der Waals surface area (Å²) >= 11 is 1.20. The molecule has 1 amide bonds. The van der Waals surface area contributed by atoms with Gasteiger partial charge in [0.25, 0.3) is 11.6 Å². The SMILES string of the molecule is CC(C)c1ccc(NC(=O)COC(=O)[C@@H](C)Sc2ccc([N+](=O)[O-])cc2)cc1. The molecule has 0 fully saturated rings. The van der Waals surface area contributed by atoms with E-state index in [4.69, 9.17) is 4.74 Å². The molecule has 0 aliphatic carbocycles. The van der Waals surface area contributed by atoms with Gasteiger partial charge in [-0.2, -0.15) is 0 Å². The quantitative estimate of drug-likeness (QED) is 0.304. The molecule has 0 bridgehead atoms. The number of carbonyl (C=O) groups excluding carboxylic acids is 2. The second-order valence-electron chi connectivity index (χ2n) is 6.44. The number of benzene rings is 2. The molecule has 148 valence electrons. The zero-order valence-electron chi connectivity index (χ0n) is 15.9. The van der Waals surface area contributed by atoms with Crippen molar-refractivity contribution in [2.45, 2.75) is 36.8 Å². The van der Waals surface area contributed by atoms with Crippen molar-refractivity contribution in [1.82, 2.24) is 0 Å². The second kappa shape index (κ2) is 9.89. The van der Waals surface area contributed by atoms with Crippen molar-refractivity contribution in [3.8, 4) is 0 Å². The number of anilines is 1. The summed E-state index contributed by atoms with van der Waals surface area (Å²) in [4.78, 5) is 34.9. The summed E-state index contributed by atoms with van der Waals surface area (Å²) in [6.45, 7) is 5.44. The van der Waals surface area contributed by atoms with E-state index in [-0.39, 0.29) is 12.3 Å². The summed E-state index contributed by atoms with van der Waals surface area (Å²) in [5.41, 5.74) is 1.79. The topological polar surface area (TPSA) is 98.5 Å². The number of nitrogens with zero attached hydrogens (tertiary/aromatic N) is 1. The highest BCUT2D eigenvalue weighted by Crippen LogP contribution is 2.26. The summed E-state index contributed by atoms with van der Waals surface area (Å²) in [7, 11) is 0. The third kappa shape index (κ3) is 6.38.